The molecule has 1 aromatic rings. The van der Waals surface area contributed by atoms with E-state index in [0.717, 1.165) is 31.1 Å². The maximum atomic E-state index is 5.91. The van der Waals surface area contributed by atoms with E-state index in [2.05, 4.69) is 17.9 Å². The van der Waals surface area contributed by atoms with Crippen molar-refractivity contribution in [2.45, 2.75) is 13.0 Å². The highest BCUT2D eigenvalue weighted by atomic mass is 16.5. The monoisotopic (exact) mass is 192 g/mol. The molecule has 3 heteroatoms. The lowest BCUT2D eigenvalue weighted by atomic mass is 10.2. The van der Waals surface area contributed by atoms with Gasteiger partial charge in [0.1, 0.15) is 0 Å². The molecule has 76 valence electrons. The highest BCUT2D eigenvalue weighted by Crippen LogP contribution is 2.24. The van der Waals surface area contributed by atoms with Gasteiger partial charge >= 0.3 is 0 Å². The Morgan fingerprint density at radius 3 is 2.93 bits per heavy atom. The predicted octanol–water partition coefficient (Wildman–Crippen LogP) is 1.49. The molecule has 0 bridgehead atoms. The first-order valence-electron chi connectivity index (χ1n) is 4.98. The van der Waals surface area contributed by atoms with E-state index >= 15 is 0 Å². The van der Waals surface area contributed by atoms with Gasteiger partial charge in [-0.05, 0) is 19.1 Å². The number of anilines is 2. The van der Waals surface area contributed by atoms with Gasteiger partial charge in [-0.15, -0.1) is 0 Å². The van der Waals surface area contributed by atoms with Crippen molar-refractivity contribution in [1.82, 2.24) is 0 Å². The zero-order chi connectivity index (χ0) is 9.97. The Balaban J connectivity index is 2.18. The zero-order valence-electron chi connectivity index (χ0n) is 8.44. The molecule has 0 spiro atoms. The number of benzene rings is 1. The molecule has 0 saturated carbocycles. The summed E-state index contributed by atoms with van der Waals surface area (Å²) in [5, 5.41) is 0. The van der Waals surface area contributed by atoms with Crippen molar-refractivity contribution in [3.05, 3.63) is 24.3 Å². The van der Waals surface area contributed by atoms with E-state index in [1.165, 1.54) is 0 Å². The van der Waals surface area contributed by atoms with Crippen molar-refractivity contribution >= 4 is 11.4 Å². The molecule has 1 fully saturated rings. The van der Waals surface area contributed by atoms with E-state index < -0.39 is 0 Å². The number of morpholine rings is 1. The van der Waals surface area contributed by atoms with Crippen LogP contribution in [0.2, 0.25) is 0 Å². The zero-order valence-corrected chi connectivity index (χ0v) is 8.44. The minimum Gasteiger partial charge on any atom is -0.397 e. The molecule has 1 saturated heterocycles. The lowest BCUT2D eigenvalue weighted by Gasteiger charge is -2.33. The molecule has 0 unspecified atom stereocenters. The van der Waals surface area contributed by atoms with Crippen LogP contribution in [0.5, 0.6) is 0 Å². The quantitative estimate of drug-likeness (QED) is 0.685. The third-order valence-corrected chi connectivity index (χ3v) is 2.52. The molecule has 1 aliphatic rings. The molecule has 2 N–H and O–H groups in total. The fourth-order valence-electron chi connectivity index (χ4n) is 1.81. The summed E-state index contributed by atoms with van der Waals surface area (Å²) in [5.74, 6) is 0. The van der Waals surface area contributed by atoms with Gasteiger partial charge in [0, 0.05) is 13.1 Å². The van der Waals surface area contributed by atoms with Crippen molar-refractivity contribution < 1.29 is 4.74 Å². The average molecular weight is 192 g/mol. The molecule has 0 amide bonds. The van der Waals surface area contributed by atoms with Crippen LogP contribution in [-0.4, -0.2) is 25.8 Å². The number of hydrogen-bond acceptors (Lipinski definition) is 3. The fraction of sp³-hybridized carbons (Fsp3) is 0.455. The third kappa shape index (κ3) is 1.82. The van der Waals surface area contributed by atoms with E-state index in [1.54, 1.807) is 0 Å². The van der Waals surface area contributed by atoms with Crippen molar-refractivity contribution in [1.29, 1.82) is 0 Å². The van der Waals surface area contributed by atoms with Crippen molar-refractivity contribution in [2.75, 3.05) is 30.3 Å². The second-order valence-corrected chi connectivity index (χ2v) is 3.69. The van der Waals surface area contributed by atoms with Gasteiger partial charge < -0.3 is 15.4 Å². The van der Waals surface area contributed by atoms with E-state index in [-0.39, 0.29) is 0 Å². The Hall–Kier alpha value is -1.22. The largest absolute Gasteiger partial charge is 0.397 e. The fourth-order valence-corrected chi connectivity index (χ4v) is 1.81. The van der Waals surface area contributed by atoms with Crippen LogP contribution in [0.3, 0.4) is 0 Å². The molecule has 0 aromatic heterocycles. The van der Waals surface area contributed by atoms with Gasteiger partial charge in [-0.2, -0.15) is 0 Å². The van der Waals surface area contributed by atoms with Crippen molar-refractivity contribution in [3.63, 3.8) is 0 Å². The van der Waals surface area contributed by atoms with Crippen LogP contribution in [-0.2, 0) is 4.74 Å². The number of nitrogens with two attached hydrogens (primary N) is 1. The van der Waals surface area contributed by atoms with Crippen molar-refractivity contribution in [2.24, 2.45) is 0 Å². The number of nitrogens with zero attached hydrogens (tertiary/aromatic N) is 1. The van der Waals surface area contributed by atoms with Crippen LogP contribution >= 0.6 is 0 Å². The Bertz CT molecular complexity index is 314. The van der Waals surface area contributed by atoms with Gasteiger partial charge in [-0.3, -0.25) is 0 Å². The molecule has 1 atom stereocenters. The molecule has 0 radical (unpaired) electrons. The Kier molecular flexibility index (Phi) is 2.59. The molecule has 3 nitrogen and oxygen atoms in total. The molecular formula is C11H16N2O. The lowest BCUT2D eigenvalue weighted by Crippen LogP contribution is -2.41. The Morgan fingerprint density at radius 2 is 2.21 bits per heavy atom. The summed E-state index contributed by atoms with van der Waals surface area (Å²) in [6.07, 6.45) is 0.295. The molecule has 1 aromatic carbocycles. The highest BCUT2D eigenvalue weighted by Gasteiger charge is 2.17. The minimum absolute atomic E-state index is 0.295. The Morgan fingerprint density at radius 1 is 1.43 bits per heavy atom. The number of rotatable bonds is 1. The van der Waals surface area contributed by atoms with Crippen LogP contribution in [0.4, 0.5) is 11.4 Å². The summed E-state index contributed by atoms with van der Waals surface area (Å²) >= 11 is 0. The standard InChI is InChI=1S/C11H16N2O/c1-9-8-13(6-7-14-9)11-5-3-2-4-10(11)12/h2-5,9H,6-8,12H2,1H3/t9-/m0/s1. The molecule has 0 aliphatic carbocycles. The smallest absolute Gasteiger partial charge is 0.0722 e. The molecule has 2 rings (SSSR count). The molecule has 1 heterocycles. The summed E-state index contributed by atoms with van der Waals surface area (Å²) in [6.45, 7) is 4.73. The van der Waals surface area contributed by atoms with Crippen LogP contribution in [0, 0.1) is 0 Å². The third-order valence-electron chi connectivity index (χ3n) is 2.52. The van der Waals surface area contributed by atoms with Gasteiger partial charge in [0.15, 0.2) is 0 Å². The predicted molar refractivity (Wildman–Crippen MR) is 58.5 cm³/mol. The molecule has 1 aliphatic heterocycles. The van der Waals surface area contributed by atoms with Crippen LogP contribution in [0.25, 0.3) is 0 Å². The Labute approximate surface area is 84.5 Å². The normalized spacial score (nSPS) is 22.4. The van der Waals surface area contributed by atoms with Crippen LogP contribution in [0.1, 0.15) is 6.92 Å². The highest BCUT2D eigenvalue weighted by molar-refractivity contribution is 5.67. The van der Waals surface area contributed by atoms with Gasteiger partial charge in [0.05, 0.1) is 24.1 Å². The van der Waals surface area contributed by atoms with E-state index in [9.17, 15) is 0 Å². The minimum atomic E-state index is 0.295. The first-order chi connectivity index (χ1) is 6.77. The second kappa shape index (κ2) is 3.88. The number of hydrogen-bond donors (Lipinski definition) is 1. The number of nitrogen functional groups attached to an aromatic ring is 1. The average Bonchev–Trinajstić information content (AvgIpc) is 2.18. The second-order valence-electron chi connectivity index (χ2n) is 3.69. The maximum absolute atomic E-state index is 5.91. The lowest BCUT2D eigenvalue weighted by molar-refractivity contribution is 0.0533. The summed E-state index contributed by atoms with van der Waals surface area (Å²) in [6, 6.07) is 7.98. The van der Waals surface area contributed by atoms with Gasteiger partial charge in [-0.25, -0.2) is 0 Å². The van der Waals surface area contributed by atoms with Crippen LogP contribution < -0.4 is 10.6 Å². The summed E-state index contributed by atoms with van der Waals surface area (Å²) in [7, 11) is 0. The SMILES string of the molecule is C[C@H]1CN(c2ccccc2N)CCO1. The van der Waals surface area contributed by atoms with Gasteiger partial charge in [-0.1, -0.05) is 12.1 Å². The van der Waals surface area contributed by atoms with Gasteiger partial charge in [0.2, 0.25) is 0 Å². The topological polar surface area (TPSA) is 38.5 Å². The van der Waals surface area contributed by atoms with Crippen LogP contribution in [0.15, 0.2) is 24.3 Å². The van der Waals surface area contributed by atoms with E-state index in [1.807, 2.05) is 18.2 Å². The number of para-hydroxylation sites is 2. The van der Waals surface area contributed by atoms with E-state index in [4.69, 9.17) is 10.5 Å². The van der Waals surface area contributed by atoms with Crippen molar-refractivity contribution in [3.8, 4) is 0 Å². The summed E-state index contributed by atoms with van der Waals surface area (Å²) < 4.78 is 5.49. The first kappa shape index (κ1) is 9.34. The summed E-state index contributed by atoms with van der Waals surface area (Å²) in [5.41, 5.74) is 7.89. The van der Waals surface area contributed by atoms with E-state index in [0.29, 0.717) is 6.10 Å². The molecule has 14 heavy (non-hydrogen) atoms. The summed E-state index contributed by atoms with van der Waals surface area (Å²) in [4.78, 5) is 2.28. The molecular weight excluding hydrogens is 176 g/mol. The first-order valence-corrected chi connectivity index (χ1v) is 4.98. The number of ether oxygens (including phenoxy) is 1. The maximum Gasteiger partial charge on any atom is 0.0722 e. The van der Waals surface area contributed by atoms with Gasteiger partial charge in [0.25, 0.3) is 0 Å².